The summed E-state index contributed by atoms with van der Waals surface area (Å²) < 4.78 is 47.2. The van der Waals surface area contributed by atoms with E-state index in [1.54, 1.807) is 56.8 Å². The summed E-state index contributed by atoms with van der Waals surface area (Å²) in [6.45, 7) is 1.33. The number of benzene rings is 4. The van der Waals surface area contributed by atoms with E-state index in [2.05, 4.69) is 24.1 Å². The number of nitrogens with zero attached hydrogens (tertiary/aromatic N) is 2. The summed E-state index contributed by atoms with van der Waals surface area (Å²) in [5, 5.41) is 14.3. The van der Waals surface area contributed by atoms with Gasteiger partial charge >= 0.3 is 0 Å². The summed E-state index contributed by atoms with van der Waals surface area (Å²) in [6.07, 6.45) is 2.63. The van der Waals surface area contributed by atoms with E-state index < -0.39 is 10.7 Å². The zero-order valence-corrected chi connectivity index (χ0v) is 31.5. The molecule has 0 amide bonds. The number of quaternary nitrogens is 1. The Hall–Kier alpha value is -4.84. The Balaban J connectivity index is 1.40. The standard InChI is InChI=1S/C41H48N2O9/c1-42-12-10-24-16-38(50-8)41(51-9)40-29-18-26(45-3)19-33(28(29)20-30(42)39(24)40)52-32-22-37(49-7)35(47-5)17-25(32)14-31-27-21-36(48-6)34(46-4)15-23(27)11-13-43(31,2)44/h15-19,21-22,30-31H,10-14,20H2,1-9H3/t30-,31-,43?/m0/s1. The first-order valence-electron chi connectivity index (χ1n) is 17.5. The molecule has 0 aromatic heterocycles. The molecule has 0 bridgehead atoms. The SMILES string of the molecule is COc1cc(Oc2cc(OC)c(OC)cc2C[C@H]2c3cc(OC)c(OC)cc3CC[N+]2(C)[O-])c2c(c1)-c1c(OC)c(OC)cc3c1[C@H](C2)N(C)CC3. The van der Waals surface area contributed by atoms with Gasteiger partial charge in [-0.3, -0.25) is 4.90 Å². The van der Waals surface area contributed by atoms with E-state index in [4.69, 9.17) is 37.9 Å². The highest BCUT2D eigenvalue weighted by Crippen LogP contribution is 2.55. The molecule has 4 aromatic rings. The molecule has 0 N–H and O–H groups in total. The minimum atomic E-state index is -0.459. The molecule has 1 aliphatic carbocycles. The molecule has 1 unspecified atom stereocenters. The van der Waals surface area contributed by atoms with E-state index in [1.165, 1.54) is 11.1 Å². The van der Waals surface area contributed by atoms with Gasteiger partial charge in [-0.05, 0) is 72.5 Å². The molecule has 0 saturated carbocycles. The van der Waals surface area contributed by atoms with Gasteiger partial charge in [0.15, 0.2) is 34.5 Å². The third kappa shape index (κ3) is 5.90. The monoisotopic (exact) mass is 712 g/mol. The third-order valence-electron chi connectivity index (χ3n) is 11.2. The van der Waals surface area contributed by atoms with Crippen LogP contribution in [0.25, 0.3) is 11.1 Å². The van der Waals surface area contributed by atoms with Crippen LogP contribution in [-0.2, 0) is 25.7 Å². The van der Waals surface area contributed by atoms with Crippen LogP contribution in [-0.4, -0.2) is 86.5 Å². The average Bonchev–Trinajstić information content (AvgIpc) is 3.16. The molecule has 276 valence electrons. The van der Waals surface area contributed by atoms with Crippen LogP contribution in [0.3, 0.4) is 0 Å². The number of likely N-dealkylation sites (N-methyl/N-ethyl adjacent to an activating group) is 2. The molecule has 11 nitrogen and oxygen atoms in total. The van der Waals surface area contributed by atoms with Gasteiger partial charge in [0.2, 0.25) is 0 Å². The number of fused-ring (bicyclic) bond motifs is 3. The summed E-state index contributed by atoms with van der Waals surface area (Å²) >= 11 is 0. The van der Waals surface area contributed by atoms with Crippen molar-refractivity contribution in [2.75, 3.05) is 77.0 Å². The quantitative estimate of drug-likeness (QED) is 0.119. The Morgan fingerprint density at radius 1 is 0.692 bits per heavy atom. The highest BCUT2D eigenvalue weighted by atomic mass is 16.5. The number of hydroxylamine groups is 3. The number of ether oxygens (including phenoxy) is 8. The van der Waals surface area contributed by atoms with Gasteiger partial charge in [-0.1, -0.05) is 0 Å². The Kier molecular flexibility index (Phi) is 9.54. The summed E-state index contributed by atoms with van der Waals surface area (Å²) in [5.74, 6) is 5.52. The van der Waals surface area contributed by atoms with Gasteiger partial charge in [0.05, 0.1) is 63.4 Å². The van der Waals surface area contributed by atoms with Crippen molar-refractivity contribution in [2.24, 2.45) is 0 Å². The molecule has 0 saturated heterocycles. The zero-order valence-electron chi connectivity index (χ0n) is 31.5. The van der Waals surface area contributed by atoms with Crippen molar-refractivity contribution in [2.45, 2.75) is 37.8 Å². The Bertz CT molecular complexity index is 2010. The maximum Gasteiger partial charge on any atom is 0.168 e. The fraction of sp³-hybridized carbons (Fsp3) is 0.415. The smallest absolute Gasteiger partial charge is 0.168 e. The maximum absolute atomic E-state index is 14.3. The Labute approximate surface area is 305 Å². The highest BCUT2D eigenvalue weighted by molar-refractivity contribution is 5.86. The van der Waals surface area contributed by atoms with E-state index >= 15 is 0 Å². The topological polar surface area (TPSA) is 100 Å². The molecule has 2 aliphatic heterocycles. The van der Waals surface area contributed by atoms with Crippen molar-refractivity contribution in [1.29, 1.82) is 0 Å². The van der Waals surface area contributed by atoms with Gasteiger partial charge in [0.1, 0.15) is 23.3 Å². The number of methoxy groups -OCH3 is 7. The van der Waals surface area contributed by atoms with E-state index in [1.807, 2.05) is 30.3 Å². The molecule has 0 spiro atoms. The molecule has 4 aromatic carbocycles. The van der Waals surface area contributed by atoms with E-state index in [9.17, 15) is 5.21 Å². The van der Waals surface area contributed by atoms with Crippen molar-refractivity contribution in [3.63, 3.8) is 0 Å². The molecule has 11 heteroatoms. The van der Waals surface area contributed by atoms with Crippen molar-refractivity contribution in [3.05, 3.63) is 81.1 Å². The lowest BCUT2D eigenvalue weighted by molar-refractivity contribution is -0.894. The predicted octanol–water partition coefficient (Wildman–Crippen LogP) is 7.08. The van der Waals surface area contributed by atoms with Crippen LogP contribution in [0.5, 0.6) is 51.7 Å². The van der Waals surface area contributed by atoms with Crippen LogP contribution in [0.4, 0.5) is 0 Å². The van der Waals surface area contributed by atoms with Crippen molar-refractivity contribution in [3.8, 4) is 62.9 Å². The second kappa shape index (κ2) is 13.9. The first-order valence-corrected chi connectivity index (χ1v) is 17.5. The highest BCUT2D eigenvalue weighted by Gasteiger charge is 2.39. The normalized spacial score (nSPS) is 20.2. The lowest BCUT2D eigenvalue weighted by Crippen LogP contribution is -2.47. The summed E-state index contributed by atoms with van der Waals surface area (Å²) in [7, 11) is 15.4. The van der Waals surface area contributed by atoms with Crippen LogP contribution in [0.2, 0.25) is 0 Å². The van der Waals surface area contributed by atoms with E-state index in [0.717, 1.165) is 52.8 Å². The van der Waals surface area contributed by atoms with Crippen LogP contribution in [0, 0.1) is 5.21 Å². The maximum atomic E-state index is 14.3. The minimum Gasteiger partial charge on any atom is -0.633 e. The second-order valence-corrected chi connectivity index (χ2v) is 13.9. The lowest BCUT2D eigenvalue weighted by atomic mass is 9.76. The average molecular weight is 713 g/mol. The molecular formula is C41H48N2O9. The summed E-state index contributed by atoms with van der Waals surface area (Å²) in [6, 6.07) is 13.5. The third-order valence-corrected chi connectivity index (χ3v) is 11.2. The number of hydrogen-bond donors (Lipinski definition) is 0. The minimum absolute atomic E-state index is 0.107. The fourth-order valence-corrected chi connectivity index (χ4v) is 8.35. The van der Waals surface area contributed by atoms with Crippen LogP contribution >= 0.6 is 0 Å². The van der Waals surface area contributed by atoms with Gasteiger partial charge in [0, 0.05) is 59.8 Å². The zero-order chi connectivity index (χ0) is 36.9. The molecule has 3 atom stereocenters. The Morgan fingerprint density at radius 3 is 2.02 bits per heavy atom. The molecular weight excluding hydrogens is 664 g/mol. The summed E-state index contributed by atoms with van der Waals surface area (Å²) in [5.41, 5.74) is 8.29. The Morgan fingerprint density at radius 2 is 1.35 bits per heavy atom. The molecule has 52 heavy (non-hydrogen) atoms. The second-order valence-electron chi connectivity index (χ2n) is 13.9. The van der Waals surface area contributed by atoms with Gasteiger partial charge < -0.3 is 47.7 Å². The fourth-order valence-electron chi connectivity index (χ4n) is 8.35. The van der Waals surface area contributed by atoms with Crippen LogP contribution in [0.1, 0.15) is 45.5 Å². The van der Waals surface area contributed by atoms with Gasteiger partial charge in [-0.2, -0.15) is 0 Å². The largest absolute Gasteiger partial charge is 0.633 e. The molecule has 2 heterocycles. The molecule has 0 radical (unpaired) electrons. The lowest BCUT2D eigenvalue weighted by Gasteiger charge is -2.49. The number of hydrogen-bond acceptors (Lipinski definition) is 10. The van der Waals surface area contributed by atoms with E-state index in [0.29, 0.717) is 71.1 Å². The summed E-state index contributed by atoms with van der Waals surface area (Å²) in [4.78, 5) is 2.40. The van der Waals surface area contributed by atoms with Crippen molar-refractivity contribution in [1.82, 2.24) is 4.90 Å². The number of rotatable bonds is 11. The first-order chi connectivity index (χ1) is 25.1. The van der Waals surface area contributed by atoms with Crippen molar-refractivity contribution >= 4 is 0 Å². The van der Waals surface area contributed by atoms with Crippen molar-refractivity contribution < 1.29 is 42.5 Å². The van der Waals surface area contributed by atoms with Gasteiger partial charge in [-0.15, -0.1) is 0 Å². The molecule has 0 fully saturated rings. The van der Waals surface area contributed by atoms with E-state index in [-0.39, 0.29) is 6.04 Å². The van der Waals surface area contributed by atoms with Gasteiger partial charge in [-0.25, -0.2) is 0 Å². The predicted molar refractivity (Wildman–Crippen MR) is 198 cm³/mol. The first kappa shape index (κ1) is 35.6. The van der Waals surface area contributed by atoms with Gasteiger partial charge in [0.25, 0.3) is 0 Å². The molecule has 3 aliphatic rings. The molecule has 7 rings (SSSR count). The van der Waals surface area contributed by atoms with Crippen LogP contribution in [0.15, 0.2) is 42.5 Å². The van der Waals surface area contributed by atoms with Crippen LogP contribution < -0.4 is 37.9 Å².